The molecule has 0 saturated heterocycles. The third-order valence-electron chi connectivity index (χ3n) is 5.31. The van der Waals surface area contributed by atoms with Crippen LogP contribution < -0.4 is 0 Å². The van der Waals surface area contributed by atoms with Gasteiger partial charge in [0.15, 0.2) is 4.77 Å². The van der Waals surface area contributed by atoms with Crippen LogP contribution in [-0.4, -0.2) is 19.2 Å². The predicted molar refractivity (Wildman–Crippen MR) is 98.3 cm³/mol. The van der Waals surface area contributed by atoms with Crippen LogP contribution in [0.15, 0.2) is 36.4 Å². The number of benzene rings is 2. The number of hydrogen-bond donors (Lipinski definition) is 2. The summed E-state index contributed by atoms with van der Waals surface area (Å²) in [6.07, 6.45) is 0.689. The number of H-pyrrole nitrogens is 1. The van der Waals surface area contributed by atoms with E-state index in [-0.39, 0.29) is 11.9 Å². The number of aromatic amines is 1. The van der Waals surface area contributed by atoms with Gasteiger partial charge in [0.1, 0.15) is 0 Å². The summed E-state index contributed by atoms with van der Waals surface area (Å²) in [5.41, 5.74) is 4.50. The lowest BCUT2D eigenvalue weighted by Gasteiger charge is -2.22. The molecule has 4 nitrogen and oxygen atoms in total. The largest absolute Gasteiger partial charge is 0.493 e. The van der Waals surface area contributed by atoms with Crippen LogP contribution in [-0.2, 0) is 13.5 Å². The minimum Gasteiger partial charge on any atom is -0.493 e. The average Bonchev–Trinajstić information content (AvgIpc) is 3.05. The van der Waals surface area contributed by atoms with Crippen molar-refractivity contribution < 1.29 is 5.11 Å². The van der Waals surface area contributed by atoms with E-state index in [1.54, 1.807) is 4.57 Å². The third-order valence-corrected chi connectivity index (χ3v) is 5.78. The van der Waals surface area contributed by atoms with Crippen molar-refractivity contribution in [1.29, 1.82) is 0 Å². The van der Waals surface area contributed by atoms with E-state index in [9.17, 15) is 5.11 Å². The molecular formula is C19H17N3OS. The zero-order chi connectivity index (χ0) is 16.6. The molecule has 2 aromatic heterocycles. The highest BCUT2D eigenvalue weighted by molar-refractivity contribution is 7.71. The van der Waals surface area contributed by atoms with Gasteiger partial charge in [0.2, 0.25) is 5.88 Å². The van der Waals surface area contributed by atoms with E-state index in [1.165, 1.54) is 27.4 Å². The molecule has 120 valence electrons. The van der Waals surface area contributed by atoms with Crippen LogP contribution in [0.5, 0.6) is 5.88 Å². The van der Waals surface area contributed by atoms with Crippen molar-refractivity contribution >= 4 is 33.9 Å². The first-order valence-electron chi connectivity index (χ1n) is 8.08. The van der Waals surface area contributed by atoms with Gasteiger partial charge in [0, 0.05) is 30.1 Å². The summed E-state index contributed by atoms with van der Waals surface area (Å²) < 4.78 is 4.40. The average molecular weight is 335 g/mol. The van der Waals surface area contributed by atoms with Gasteiger partial charge in [0.25, 0.3) is 0 Å². The third kappa shape index (κ3) is 1.60. The standard InChI is InChI=1S/C19H17N3OS/c1-10-17-14(9-16-18(23)21(2)19(24)22(10)16)13-7-11-5-3-4-6-12(11)8-15(13)20-17/h3-8,10,20,23H,9H2,1-2H3/t10-/m0/s1. The minimum atomic E-state index is 0.0823. The number of rotatable bonds is 0. The molecule has 2 aromatic carbocycles. The van der Waals surface area contributed by atoms with Crippen LogP contribution >= 0.6 is 12.2 Å². The molecule has 1 aliphatic heterocycles. The second kappa shape index (κ2) is 4.51. The van der Waals surface area contributed by atoms with E-state index in [0.29, 0.717) is 11.2 Å². The van der Waals surface area contributed by atoms with Crippen molar-refractivity contribution in [2.24, 2.45) is 7.05 Å². The van der Waals surface area contributed by atoms with Crippen LogP contribution in [0.4, 0.5) is 0 Å². The van der Waals surface area contributed by atoms with Crippen molar-refractivity contribution in [3.05, 3.63) is 58.1 Å². The van der Waals surface area contributed by atoms with Crippen molar-refractivity contribution in [3.63, 3.8) is 0 Å². The Kier molecular flexibility index (Phi) is 2.61. The fourth-order valence-corrected chi connectivity index (χ4v) is 4.39. The van der Waals surface area contributed by atoms with Crippen LogP contribution in [0.2, 0.25) is 0 Å². The Balaban J connectivity index is 1.84. The molecule has 0 fully saturated rings. The normalized spacial score (nSPS) is 16.5. The van der Waals surface area contributed by atoms with Crippen LogP contribution in [0.25, 0.3) is 21.7 Å². The van der Waals surface area contributed by atoms with Gasteiger partial charge in [-0.1, -0.05) is 24.3 Å². The summed E-state index contributed by atoms with van der Waals surface area (Å²) in [5.74, 6) is 0.271. The molecule has 0 spiro atoms. The SMILES string of the molecule is C[C@H]1c2[nH]c3cc4ccccc4cc3c2Cc2c(O)n(C)c(=S)n21. The van der Waals surface area contributed by atoms with Crippen molar-refractivity contribution in [2.45, 2.75) is 19.4 Å². The summed E-state index contributed by atoms with van der Waals surface area (Å²) in [7, 11) is 1.82. The number of imidazole rings is 1. The lowest BCUT2D eigenvalue weighted by Crippen LogP contribution is -2.18. The van der Waals surface area contributed by atoms with Crippen LogP contribution in [0.3, 0.4) is 0 Å². The number of hydrogen-bond acceptors (Lipinski definition) is 2. The predicted octanol–water partition coefficient (Wildman–Crippen LogP) is 4.41. The monoisotopic (exact) mass is 335 g/mol. The Labute approximate surface area is 144 Å². The van der Waals surface area contributed by atoms with Gasteiger partial charge < -0.3 is 14.7 Å². The zero-order valence-electron chi connectivity index (χ0n) is 13.5. The smallest absolute Gasteiger partial charge is 0.213 e. The van der Waals surface area contributed by atoms with E-state index < -0.39 is 0 Å². The van der Waals surface area contributed by atoms with E-state index in [1.807, 2.05) is 7.05 Å². The molecule has 0 unspecified atom stereocenters. The quantitative estimate of drug-likeness (QED) is 0.468. The number of aromatic nitrogens is 3. The fraction of sp³-hybridized carbons (Fsp3) is 0.211. The maximum absolute atomic E-state index is 10.5. The maximum Gasteiger partial charge on any atom is 0.213 e. The second-order valence-electron chi connectivity index (χ2n) is 6.60. The van der Waals surface area contributed by atoms with Crippen molar-refractivity contribution in [3.8, 4) is 5.88 Å². The molecular weight excluding hydrogens is 318 g/mol. The molecule has 1 atom stereocenters. The lowest BCUT2D eigenvalue weighted by molar-refractivity contribution is 0.423. The van der Waals surface area contributed by atoms with Gasteiger partial charge >= 0.3 is 0 Å². The first-order chi connectivity index (χ1) is 11.6. The molecule has 1 aliphatic rings. The summed E-state index contributed by atoms with van der Waals surface area (Å²) in [6.45, 7) is 2.13. The molecule has 5 heteroatoms. The van der Waals surface area contributed by atoms with Gasteiger partial charge in [-0.25, -0.2) is 0 Å². The Bertz CT molecular complexity index is 1190. The highest BCUT2D eigenvalue weighted by Crippen LogP contribution is 2.40. The zero-order valence-corrected chi connectivity index (χ0v) is 14.3. The molecule has 4 aromatic rings. The van der Waals surface area contributed by atoms with Gasteiger partial charge in [-0.3, -0.25) is 4.57 Å². The van der Waals surface area contributed by atoms with Gasteiger partial charge in [-0.15, -0.1) is 0 Å². The van der Waals surface area contributed by atoms with Crippen molar-refractivity contribution in [1.82, 2.24) is 14.1 Å². The van der Waals surface area contributed by atoms with Crippen molar-refractivity contribution in [2.75, 3.05) is 0 Å². The molecule has 0 saturated carbocycles. The summed E-state index contributed by atoms with van der Waals surface area (Å²) in [6, 6.07) is 12.9. The molecule has 0 bridgehead atoms. The Morgan fingerprint density at radius 3 is 2.67 bits per heavy atom. The number of nitrogens with one attached hydrogen (secondary N) is 1. The maximum atomic E-state index is 10.5. The topological polar surface area (TPSA) is 45.9 Å². The second-order valence-corrected chi connectivity index (χ2v) is 6.96. The highest BCUT2D eigenvalue weighted by Gasteiger charge is 2.30. The number of fused-ring (bicyclic) bond motifs is 5. The summed E-state index contributed by atoms with van der Waals surface area (Å²) in [4.78, 5) is 3.60. The van der Waals surface area contributed by atoms with Crippen LogP contribution in [0.1, 0.15) is 29.9 Å². The molecule has 3 heterocycles. The molecule has 24 heavy (non-hydrogen) atoms. The highest BCUT2D eigenvalue weighted by atomic mass is 32.1. The fourth-order valence-electron chi connectivity index (χ4n) is 4.04. The molecule has 2 N–H and O–H groups in total. The van der Waals surface area contributed by atoms with Gasteiger partial charge in [0.05, 0.1) is 11.7 Å². The lowest BCUT2D eigenvalue weighted by atomic mass is 9.97. The Hall–Kier alpha value is -2.53. The number of nitrogens with zero attached hydrogens (tertiary/aromatic N) is 2. The van der Waals surface area contributed by atoms with E-state index in [4.69, 9.17) is 12.2 Å². The Morgan fingerprint density at radius 2 is 1.92 bits per heavy atom. The minimum absolute atomic E-state index is 0.0823. The van der Waals surface area contributed by atoms with E-state index in [0.717, 1.165) is 11.2 Å². The van der Waals surface area contributed by atoms with Gasteiger partial charge in [-0.2, -0.15) is 0 Å². The van der Waals surface area contributed by atoms with E-state index in [2.05, 4.69) is 52.9 Å². The molecule has 0 amide bonds. The summed E-state index contributed by atoms with van der Waals surface area (Å²) >= 11 is 5.51. The Morgan fingerprint density at radius 1 is 1.21 bits per heavy atom. The van der Waals surface area contributed by atoms with Gasteiger partial charge in [-0.05, 0) is 47.6 Å². The summed E-state index contributed by atoms with van der Waals surface area (Å²) in [5, 5.41) is 14.2. The molecule has 0 radical (unpaired) electrons. The first-order valence-corrected chi connectivity index (χ1v) is 8.49. The van der Waals surface area contributed by atoms with Crippen LogP contribution in [0, 0.1) is 4.77 Å². The molecule has 5 rings (SSSR count). The first kappa shape index (κ1) is 13.9. The van der Waals surface area contributed by atoms with E-state index >= 15 is 0 Å². The molecule has 0 aliphatic carbocycles. The number of aromatic hydroxyl groups is 1.